The van der Waals surface area contributed by atoms with Gasteiger partial charge in [-0.2, -0.15) is 10.1 Å². The molecule has 0 saturated carbocycles. The number of hydrogen-bond donors (Lipinski definition) is 1. The molecule has 2 aliphatic heterocycles. The summed E-state index contributed by atoms with van der Waals surface area (Å²) in [5, 5.41) is 15.3. The normalized spacial score (nSPS) is 26.5. The number of carbonyl (C=O) groups excluding carboxylic acids is 6. The van der Waals surface area contributed by atoms with E-state index in [-0.39, 0.29) is 6.61 Å². The highest BCUT2D eigenvalue weighted by molar-refractivity contribution is 6.51. The molecule has 0 aromatic heterocycles. The summed E-state index contributed by atoms with van der Waals surface area (Å²) in [6.45, 7) is 4.22. The zero-order chi connectivity index (χ0) is 24.9. The molecule has 5 atom stereocenters. The molecular weight excluding hydrogens is 448 g/mol. The van der Waals surface area contributed by atoms with Crippen LogP contribution in [0.4, 0.5) is 0 Å². The van der Waals surface area contributed by atoms with Crippen molar-refractivity contribution in [1.82, 2.24) is 5.01 Å². The van der Waals surface area contributed by atoms with Crippen LogP contribution in [0.1, 0.15) is 27.7 Å². The summed E-state index contributed by atoms with van der Waals surface area (Å²) in [6.07, 6.45) is -5.59. The molecule has 5 unspecified atom stereocenters. The van der Waals surface area contributed by atoms with Crippen molar-refractivity contribution in [2.45, 2.75) is 58.3 Å². The van der Waals surface area contributed by atoms with Crippen molar-refractivity contribution in [2.24, 2.45) is 10.3 Å². The standard InChI is InChI=1S/C18H22N4O11/c1-5-29-18(28)11(19)12-13(26)16(27)22(21-20-12)17-15(32-9(4)25)14(31-8(3)24)10(33-17)6-30-7(2)23/h10,12,14-15,17,19H,5-6H2,1-4H3. The average molecular weight is 470 g/mol. The zero-order valence-electron chi connectivity index (χ0n) is 18.1. The van der Waals surface area contributed by atoms with E-state index in [1.165, 1.54) is 6.92 Å². The van der Waals surface area contributed by atoms with Crippen molar-refractivity contribution in [3.8, 4) is 0 Å². The number of Topliss-reactive ketones (excluding diaryl/α,β-unsaturated/α-hetero) is 1. The number of hydrogen-bond acceptors (Lipinski definition) is 14. The van der Waals surface area contributed by atoms with E-state index in [9.17, 15) is 28.8 Å². The van der Waals surface area contributed by atoms with Gasteiger partial charge in [0.05, 0.1) is 6.61 Å². The third-order valence-corrected chi connectivity index (χ3v) is 4.28. The summed E-state index contributed by atoms with van der Waals surface area (Å²) in [7, 11) is 0. The lowest BCUT2D eigenvalue weighted by molar-refractivity contribution is -0.174. The zero-order valence-corrected chi connectivity index (χ0v) is 18.1. The number of rotatable bonds is 8. The Bertz CT molecular complexity index is 902. The molecule has 0 aromatic rings. The first-order valence-corrected chi connectivity index (χ1v) is 9.64. The lowest BCUT2D eigenvalue weighted by Gasteiger charge is -2.29. The fourth-order valence-corrected chi connectivity index (χ4v) is 3.00. The van der Waals surface area contributed by atoms with Gasteiger partial charge in [-0.05, 0) is 6.92 Å². The SMILES string of the molecule is CCOC(=O)C(=N)C1N=NN(C2OC(COC(C)=O)C(OC(C)=O)C2OC(C)=O)C(=O)C1=O. The number of carbonyl (C=O) groups is 6. The van der Waals surface area contributed by atoms with Crippen molar-refractivity contribution in [2.75, 3.05) is 13.2 Å². The maximum absolute atomic E-state index is 12.7. The highest BCUT2D eigenvalue weighted by Gasteiger charge is 2.55. The number of ether oxygens (including phenoxy) is 5. The minimum Gasteiger partial charge on any atom is -0.463 e. The second kappa shape index (κ2) is 10.7. The lowest BCUT2D eigenvalue weighted by Crippen LogP contribution is -2.54. The Kier molecular flexibility index (Phi) is 8.28. The van der Waals surface area contributed by atoms with Gasteiger partial charge in [-0.25, -0.2) is 4.79 Å². The molecule has 180 valence electrons. The van der Waals surface area contributed by atoms with E-state index in [1.54, 1.807) is 0 Å². The molecule has 0 radical (unpaired) electrons. The molecular formula is C18H22N4O11. The molecule has 33 heavy (non-hydrogen) atoms. The van der Waals surface area contributed by atoms with Crippen LogP contribution in [-0.2, 0) is 52.5 Å². The monoisotopic (exact) mass is 470 g/mol. The van der Waals surface area contributed by atoms with Gasteiger partial charge in [0.2, 0.25) is 0 Å². The summed E-state index contributed by atoms with van der Waals surface area (Å²) in [6, 6.07) is -1.83. The van der Waals surface area contributed by atoms with E-state index < -0.39 is 78.5 Å². The predicted molar refractivity (Wildman–Crippen MR) is 101 cm³/mol. The Hall–Kier alpha value is -3.75. The van der Waals surface area contributed by atoms with E-state index in [4.69, 9.17) is 24.4 Å². The lowest BCUT2D eigenvalue weighted by atomic mass is 10.1. The molecule has 2 rings (SSSR count). The Morgan fingerprint density at radius 1 is 1.00 bits per heavy atom. The smallest absolute Gasteiger partial charge is 0.354 e. The Morgan fingerprint density at radius 3 is 2.15 bits per heavy atom. The molecule has 0 aromatic carbocycles. The maximum atomic E-state index is 12.7. The molecule has 0 bridgehead atoms. The minimum atomic E-state index is -1.83. The van der Waals surface area contributed by atoms with Crippen molar-refractivity contribution in [3.05, 3.63) is 0 Å². The summed E-state index contributed by atoms with van der Waals surface area (Å²) in [5.74, 6) is -6.09. The Morgan fingerprint density at radius 2 is 1.61 bits per heavy atom. The van der Waals surface area contributed by atoms with Crippen molar-refractivity contribution in [3.63, 3.8) is 0 Å². The first-order valence-electron chi connectivity index (χ1n) is 9.64. The molecule has 1 saturated heterocycles. The fraction of sp³-hybridized carbons (Fsp3) is 0.611. The second-order valence-corrected chi connectivity index (χ2v) is 6.77. The average Bonchev–Trinajstić information content (AvgIpc) is 3.04. The topological polar surface area (TPSA) is 200 Å². The molecule has 1 N–H and O–H groups in total. The minimum absolute atomic E-state index is 0.0689. The molecule has 0 spiro atoms. The van der Waals surface area contributed by atoms with Crippen LogP contribution in [0.2, 0.25) is 0 Å². The Balaban J connectivity index is 2.36. The quantitative estimate of drug-likeness (QED) is 0.195. The van der Waals surface area contributed by atoms with Crippen LogP contribution in [-0.4, -0.2) is 90.1 Å². The van der Waals surface area contributed by atoms with Crippen molar-refractivity contribution in [1.29, 1.82) is 5.41 Å². The summed E-state index contributed by atoms with van der Waals surface area (Å²) < 4.78 is 25.4. The van der Waals surface area contributed by atoms with E-state index in [0.717, 1.165) is 20.8 Å². The molecule has 1 amide bonds. The van der Waals surface area contributed by atoms with Crippen LogP contribution < -0.4 is 0 Å². The van der Waals surface area contributed by atoms with E-state index in [2.05, 4.69) is 15.1 Å². The van der Waals surface area contributed by atoms with Gasteiger partial charge in [0.1, 0.15) is 12.7 Å². The first-order chi connectivity index (χ1) is 15.5. The number of esters is 4. The summed E-state index contributed by atoms with van der Waals surface area (Å²) in [5.41, 5.74) is -0.895. The Labute approximate surface area is 186 Å². The van der Waals surface area contributed by atoms with Gasteiger partial charge in [-0.1, -0.05) is 5.22 Å². The second-order valence-electron chi connectivity index (χ2n) is 6.77. The molecule has 2 aliphatic rings. The maximum Gasteiger partial charge on any atom is 0.354 e. The van der Waals surface area contributed by atoms with E-state index in [0.29, 0.717) is 5.01 Å². The molecule has 0 aliphatic carbocycles. The third-order valence-electron chi connectivity index (χ3n) is 4.28. The van der Waals surface area contributed by atoms with Crippen LogP contribution in [0, 0.1) is 5.41 Å². The number of nitrogens with zero attached hydrogens (tertiary/aromatic N) is 3. The van der Waals surface area contributed by atoms with Gasteiger partial charge in [-0.3, -0.25) is 29.4 Å². The fourth-order valence-electron chi connectivity index (χ4n) is 3.00. The molecule has 1 fully saturated rings. The third kappa shape index (κ3) is 5.94. The highest BCUT2D eigenvalue weighted by atomic mass is 16.7. The van der Waals surface area contributed by atoms with Gasteiger partial charge in [0.15, 0.2) is 30.2 Å². The van der Waals surface area contributed by atoms with Crippen molar-refractivity contribution < 1.29 is 52.5 Å². The van der Waals surface area contributed by atoms with Crippen LogP contribution in [0.15, 0.2) is 10.3 Å². The molecule has 2 heterocycles. The summed E-state index contributed by atoms with van der Waals surface area (Å²) >= 11 is 0. The van der Waals surface area contributed by atoms with Gasteiger partial charge in [-0.15, -0.1) is 0 Å². The largest absolute Gasteiger partial charge is 0.463 e. The van der Waals surface area contributed by atoms with Crippen molar-refractivity contribution >= 4 is 41.3 Å². The van der Waals surface area contributed by atoms with Gasteiger partial charge >= 0.3 is 29.8 Å². The number of amides is 1. The van der Waals surface area contributed by atoms with E-state index >= 15 is 0 Å². The van der Waals surface area contributed by atoms with Gasteiger partial charge < -0.3 is 23.7 Å². The summed E-state index contributed by atoms with van der Waals surface area (Å²) in [4.78, 5) is 71.4. The number of nitrogens with one attached hydrogen (secondary N) is 1. The van der Waals surface area contributed by atoms with Gasteiger partial charge in [0, 0.05) is 20.8 Å². The predicted octanol–water partition coefficient (Wildman–Crippen LogP) is -1.13. The van der Waals surface area contributed by atoms with E-state index in [1.807, 2.05) is 0 Å². The number of ketones is 1. The van der Waals surface area contributed by atoms with Crippen LogP contribution >= 0.6 is 0 Å². The van der Waals surface area contributed by atoms with Crippen LogP contribution in [0.3, 0.4) is 0 Å². The molecule has 15 heteroatoms. The van der Waals surface area contributed by atoms with Crippen LogP contribution in [0.25, 0.3) is 0 Å². The van der Waals surface area contributed by atoms with Gasteiger partial charge in [0.25, 0.3) is 5.78 Å². The van der Waals surface area contributed by atoms with Crippen LogP contribution in [0.5, 0.6) is 0 Å². The molecule has 15 nitrogen and oxygen atoms in total. The highest BCUT2D eigenvalue weighted by Crippen LogP contribution is 2.31. The first kappa shape index (κ1) is 25.5.